The molecule has 0 aromatic carbocycles. The van der Waals surface area contributed by atoms with Crippen LogP contribution in [-0.4, -0.2) is 42.9 Å². The quantitative estimate of drug-likeness (QED) is 0.682. The van der Waals surface area contributed by atoms with Crippen LogP contribution in [0.3, 0.4) is 0 Å². The molecule has 4 rings (SSSR count). The van der Waals surface area contributed by atoms with Crippen molar-refractivity contribution in [2.24, 2.45) is 5.92 Å². The van der Waals surface area contributed by atoms with E-state index in [9.17, 15) is 13.6 Å². The smallest absolute Gasteiger partial charge is 0.320 e. The van der Waals surface area contributed by atoms with Gasteiger partial charge in [0.15, 0.2) is 0 Å². The maximum atomic E-state index is 13.5. The highest BCUT2D eigenvalue weighted by molar-refractivity contribution is 5.84. The molecule has 0 aliphatic carbocycles. The lowest BCUT2D eigenvalue weighted by molar-refractivity contribution is -0.119. The van der Waals surface area contributed by atoms with Crippen LogP contribution in [0.4, 0.5) is 8.78 Å². The molecule has 1 saturated heterocycles. The first-order valence-corrected chi connectivity index (χ1v) is 9.47. The molecule has 1 amide bonds. The van der Waals surface area contributed by atoms with Crippen molar-refractivity contribution in [1.29, 1.82) is 0 Å². The minimum absolute atomic E-state index is 0.0453. The van der Waals surface area contributed by atoms with E-state index in [-0.39, 0.29) is 35.4 Å². The Kier molecular flexibility index (Phi) is 4.93. The first kappa shape index (κ1) is 19.3. The highest BCUT2D eigenvalue weighted by atomic mass is 19.3. The number of carbonyl (C=O) groups is 1. The Balaban J connectivity index is 1.76. The minimum atomic E-state index is -2.77. The number of nitrogens with one attached hydrogen (secondary N) is 1. The number of alkyl halides is 2. The lowest BCUT2D eigenvalue weighted by Gasteiger charge is -2.20. The van der Waals surface area contributed by atoms with Gasteiger partial charge in [0.25, 0.3) is 0 Å². The van der Waals surface area contributed by atoms with E-state index in [2.05, 4.69) is 20.4 Å². The van der Waals surface area contributed by atoms with E-state index in [1.54, 1.807) is 16.9 Å². The summed E-state index contributed by atoms with van der Waals surface area (Å²) in [6.07, 6.45) is 4.54. The molecule has 29 heavy (non-hydrogen) atoms. The van der Waals surface area contributed by atoms with Gasteiger partial charge in [-0.1, -0.05) is 0 Å². The van der Waals surface area contributed by atoms with E-state index in [1.165, 1.54) is 0 Å². The average molecular weight is 404 g/mol. The van der Waals surface area contributed by atoms with Crippen molar-refractivity contribution in [1.82, 2.24) is 29.6 Å². The summed E-state index contributed by atoms with van der Waals surface area (Å²) in [4.78, 5) is 20.1. The number of amides is 1. The third-order valence-corrected chi connectivity index (χ3v) is 5.13. The zero-order chi connectivity index (χ0) is 20.7. The summed E-state index contributed by atoms with van der Waals surface area (Å²) in [5.41, 5.74) is 1.76. The van der Waals surface area contributed by atoms with Crippen LogP contribution < -0.4 is 10.1 Å². The van der Waals surface area contributed by atoms with E-state index in [4.69, 9.17) is 4.74 Å². The van der Waals surface area contributed by atoms with Crippen LogP contribution in [0.5, 0.6) is 5.88 Å². The first-order valence-electron chi connectivity index (χ1n) is 9.47. The Bertz CT molecular complexity index is 1040. The van der Waals surface area contributed by atoms with Gasteiger partial charge in [-0.25, -0.2) is 9.97 Å². The molecule has 1 N–H and O–H groups in total. The van der Waals surface area contributed by atoms with Crippen LogP contribution in [-0.2, 0) is 4.79 Å². The van der Waals surface area contributed by atoms with Gasteiger partial charge in [-0.05, 0) is 26.8 Å². The highest BCUT2D eigenvalue weighted by Crippen LogP contribution is 2.33. The predicted molar refractivity (Wildman–Crippen MR) is 102 cm³/mol. The van der Waals surface area contributed by atoms with Gasteiger partial charge in [-0.2, -0.15) is 13.9 Å². The van der Waals surface area contributed by atoms with Gasteiger partial charge < -0.3 is 10.1 Å². The van der Waals surface area contributed by atoms with E-state index >= 15 is 0 Å². The molecule has 0 radical (unpaired) electrons. The van der Waals surface area contributed by atoms with Gasteiger partial charge in [0.1, 0.15) is 17.9 Å². The van der Waals surface area contributed by atoms with E-state index in [0.717, 1.165) is 16.5 Å². The van der Waals surface area contributed by atoms with Crippen LogP contribution in [0.1, 0.15) is 39.8 Å². The molecule has 2 atom stereocenters. The largest absolute Gasteiger partial charge is 0.473 e. The number of hydrogen-bond donors (Lipinski definition) is 1. The Hall–Kier alpha value is -3.04. The Morgan fingerprint density at radius 2 is 2.10 bits per heavy atom. The molecular formula is C19H22F2N6O2. The van der Waals surface area contributed by atoms with Crippen LogP contribution in [0.15, 0.2) is 24.8 Å². The van der Waals surface area contributed by atoms with Crippen LogP contribution >= 0.6 is 0 Å². The fourth-order valence-electron chi connectivity index (χ4n) is 3.39. The molecule has 8 nitrogen and oxygen atoms in total. The second kappa shape index (κ2) is 7.41. The number of pyridine rings is 1. The van der Waals surface area contributed by atoms with Crippen molar-refractivity contribution in [3.05, 3.63) is 24.8 Å². The van der Waals surface area contributed by atoms with E-state index in [1.807, 2.05) is 27.0 Å². The van der Waals surface area contributed by atoms with Gasteiger partial charge in [-0.3, -0.25) is 14.0 Å². The summed E-state index contributed by atoms with van der Waals surface area (Å²) in [5, 5.41) is 7.07. The number of carbonyl (C=O) groups excluding carboxylic acids is 1. The normalized spacial score (nSPS) is 18.0. The Morgan fingerprint density at radius 1 is 1.31 bits per heavy atom. The monoisotopic (exact) mass is 404 g/mol. The standard InChI is InChI=1S/C19H22F2N6O2/c1-10(2)27-8-13(7-24-27)14-5-15-17(26(9-23-15)19(20)21)18(25-14)29-11(3)12-4-16(28)22-6-12/h5,7-12,19H,4,6H2,1-3H3,(H,22,28)/t11-,12-/m1/s1. The van der Waals surface area contributed by atoms with Gasteiger partial charge in [0.05, 0.1) is 17.4 Å². The Labute approximate surface area is 165 Å². The zero-order valence-electron chi connectivity index (χ0n) is 16.3. The van der Waals surface area contributed by atoms with Crippen LogP contribution in [0.2, 0.25) is 0 Å². The van der Waals surface area contributed by atoms with Crippen molar-refractivity contribution in [2.45, 2.75) is 45.9 Å². The maximum Gasteiger partial charge on any atom is 0.320 e. The number of ether oxygens (including phenoxy) is 1. The summed E-state index contributed by atoms with van der Waals surface area (Å²) in [6.45, 7) is 3.53. The average Bonchev–Trinajstić information content (AvgIpc) is 3.40. The molecule has 4 heterocycles. The molecule has 3 aromatic heterocycles. The number of fused-ring (bicyclic) bond motifs is 1. The molecular weight excluding hydrogens is 382 g/mol. The predicted octanol–water partition coefficient (Wildman–Crippen LogP) is 3.17. The molecule has 10 heteroatoms. The molecule has 0 bridgehead atoms. The second-order valence-corrected chi connectivity index (χ2v) is 7.50. The summed E-state index contributed by atoms with van der Waals surface area (Å²) in [6, 6.07) is 1.82. The van der Waals surface area contributed by atoms with Gasteiger partial charge >= 0.3 is 6.55 Å². The topological polar surface area (TPSA) is 86.9 Å². The molecule has 3 aromatic rings. The van der Waals surface area contributed by atoms with Gasteiger partial charge in [0.2, 0.25) is 11.8 Å². The van der Waals surface area contributed by atoms with Gasteiger partial charge in [0, 0.05) is 36.7 Å². The van der Waals surface area contributed by atoms with Crippen molar-refractivity contribution >= 4 is 16.9 Å². The Morgan fingerprint density at radius 3 is 2.72 bits per heavy atom. The second-order valence-electron chi connectivity index (χ2n) is 7.50. The molecule has 1 aliphatic rings. The molecule has 0 unspecified atom stereocenters. The summed E-state index contributed by atoms with van der Waals surface area (Å²) >= 11 is 0. The van der Waals surface area contributed by atoms with Crippen LogP contribution in [0, 0.1) is 5.92 Å². The van der Waals surface area contributed by atoms with Gasteiger partial charge in [-0.15, -0.1) is 0 Å². The van der Waals surface area contributed by atoms with Crippen LogP contribution in [0.25, 0.3) is 22.3 Å². The fraction of sp³-hybridized carbons (Fsp3) is 0.474. The molecule has 1 fully saturated rings. The molecule has 154 valence electrons. The number of halogens is 2. The SMILES string of the molecule is CC(C)n1cc(-c2cc3ncn(C(F)F)c3c(O[C@H](C)[C@H]3CNC(=O)C3)n2)cn1. The number of aromatic nitrogens is 5. The number of hydrogen-bond acceptors (Lipinski definition) is 5. The third kappa shape index (κ3) is 3.66. The molecule has 0 spiro atoms. The summed E-state index contributed by atoms with van der Waals surface area (Å²) in [5.74, 6) is -0.0370. The fourth-order valence-corrected chi connectivity index (χ4v) is 3.39. The highest BCUT2D eigenvalue weighted by Gasteiger charge is 2.29. The first-order chi connectivity index (χ1) is 13.8. The zero-order valence-corrected chi connectivity index (χ0v) is 16.3. The molecule has 0 saturated carbocycles. The van der Waals surface area contributed by atoms with Crippen molar-refractivity contribution in [3.63, 3.8) is 0 Å². The third-order valence-electron chi connectivity index (χ3n) is 5.13. The minimum Gasteiger partial charge on any atom is -0.473 e. The number of nitrogens with zero attached hydrogens (tertiary/aromatic N) is 5. The summed E-state index contributed by atoms with van der Waals surface area (Å²) in [7, 11) is 0. The lowest BCUT2D eigenvalue weighted by Crippen LogP contribution is -2.26. The summed E-state index contributed by atoms with van der Waals surface area (Å²) < 4.78 is 35.5. The lowest BCUT2D eigenvalue weighted by atomic mass is 10.0. The van der Waals surface area contributed by atoms with Crippen molar-refractivity contribution < 1.29 is 18.3 Å². The van der Waals surface area contributed by atoms with E-state index < -0.39 is 6.55 Å². The number of rotatable bonds is 6. The maximum absolute atomic E-state index is 13.5. The number of imidazole rings is 1. The molecule has 1 aliphatic heterocycles. The van der Waals surface area contributed by atoms with Crippen molar-refractivity contribution in [3.8, 4) is 17.1 Å². The van der Waals surface area contributed by atoms with E-state index in [0.29, 0.717) is 24.2 Å². The van der Waals surface area contributed by atoms with Crippen molar-refractivity contribution in [2.75, 3.05) is 6.54 Å².